The second kappa shape index (κ2) is 8.16. The van der Waals surface area contributed by atoms with E-state index in [2.05, 4.69) is 17.1 Å². The number of carboxylic acid groups (broad SMARTS) is 1. The standard InChI is InChI=1S/C18H21N3O3/c1-2-16-8-3-4-9-21(16)12-14(11-19)17(22)20-15-7-5-6-13(10-15)18(23)24/h5-7,10,12,16H,2-4,8-9H2,1H3,(H,20,22)(H,23,24)/b14-12-. The second-order valence-electron chi connectivity index (χ2n) is 5.79. The van der Waals surface area contributed by atoms with Crippen molar-refractivity contribution < 1.29 is 14.7 Å². The lowest BCUT2D eigenvalue weighted by Crippen LogP contribution is -2.35. The number of benzene rings is 1. The summed E-state index contributed by atoms with van der Waals surface area (Å²) in [6.45, 7) is 2.94. The molecule has 1 atom stereocenters. The van der Waals surface area contributed by atoms with Gasteiger partial charge in [-0.15, -0.1) is 0 Å². The van der Waals surface area contributed by atoms with E-state index in [9.17, 15) is 14.9 Å². The quantitative estimate of drug-likeness (QED) is 0.640. The number of nitrogens with zero attached hydrogens (tertiary/aromatic N) is 2. The molecule has 126 valence electrons. The Labute approximate surface area is 141 Å². The summed E-state index contributed by atoms with van der Waals surface area (Å²) in [5.74, 6) is -1.60. The Morgan fingerprint density at radius 1 is 1.46 bits per heavy atom. The Kier molecular flexibility index (Phi) is 5.96. The Hall–Kier alpha value is -2.81. The summed E-state index contributed by atoms with van der Waals surface area (Å²) >= 11 is 0. The first-order valence-corrected chi connectivity index (χ1v) is 8.07. The van der Waals surface area contributed by atoms with Crippen LogP contribution in [0.1, 0.15) is 43.0 Å². The molecule has 1 amide bonds. The van der Waals surface area contributed by atoms with Gasteiger partial charge in [0.15, 0.2) is 0 Å². The molecule has 1 saturated heterocycles. The maximum absolute atomic E-state index is 12.3. The van der Waals surface area contributed by atoms with Crippen LogP contribution < -0.4 is 5.32 Å². The van der Waals surface area contributed by atoms with Crippen LogP contribution in [0.3, 0.4) is 0 Å². The molecule has 0 radical (unpaired) electrons. The predicted octanol–water partition coefficient (Wildman–Crippen LogP) is 3.00. The summed E-state index contributed by atoms with van der Waals surface area (Å²) < 4.78 is 0. The smallest absolute Gasteiger partial charge is 0.335 e. The fourth-order valence-electron chi connectivity index (χ4n) is 2.86. The number of anilines is 1. The van der Waals surface area contributed by atoms with Gasteiger partial charge in [0.25, 0.3) is 5.91 Å². The van der Waals surface area contributed by atoms with Gasteiger partial charge >= 0.3 is 5.97 Å². The molecule has 1 aliphatic heterocycles. The largest absolute Gasteiger partial charge is 0.478 e. The molecule has 0 aromatic heterocycles. The molecule has 0 saturated carbocycles. The summed E-state index contributed by atoms with van der Waals surface area (Å²) in [6.07, 6.45) is 5.88. The van der Waals surface area contributed by atoms with Gasteiger partial charge in [0.05, 0.1) is 5.56 Å². The van der Waals surface area contributed by atoms with Crippen LogP contribution in [0, 0.1) is 11.3 Å². The zero-order chi connectivity index (χ0) is 17.5. The van der Waals surface area contributed by atoms with Gasteiger partial charge < -0.3 is 15.3 Å². The zero-order valence-corrected chi connectivity index (χ0v) is 13.7. The lowest BCUT2D eigenvalue weighted by Gasteiger charge is -2.34. The first-order valence-electron chi connectivity index (χ1n) is 8.07. The van der Waals surface area contributed by atoms with Crippen molar-refractivity contribution in [2.24, 2.45) is 0 Å². The first-order chi connectivity index (χ1) is 11.5. The van der Waals surface area contributed by atoms with E-state index < -0.39 is 11.9 Å². The van der Waals surface area contributed by atoms with Crippen LogP contribution in [0.2, 0.25) is 0 Å². The topological polar surface area (TPSA) is 93.4 Å². The minimum Gasteiger partial charge on any atom is -0.478 e. The van der Waals surface area contributed by atoms with Crippen molar-refractivity contribution in [3.05, 3.63) is 41.6 Å². The van der Waals surface area contributed by atoms with Crippen molar-refractivity contribution in [1.29, 1.82) is 5.26 Å². The lowest BCUT2D eigenvalue weighted by atomic mass is 10.0. The molecule has 2 rings (SSSR count). The van der Waals surface area contributed by atoms with E-state index >= 15 is 0 Å². The number of aromatic carboxylic acids is 1. The van der Waals surface area contributed by atoms with Crippen LogP contribution in [0.5, 0.6) is 0 Å². The maximum Gasteiger partial charge on any atom is 0.335 e. The van der Waals surface area contributed by atoms with E-state index in [1.807, 2.05) is 6.07 Å². The third-order valence-electron chi connectivity index (χ3n) is 4.17. The highest BCUT2D eigenvalue weighted by Crippen LogP contribution is 2.21. The van der Waals surface area contributed by atoms with Crippen molar-refractivity contribution in [1.82, 2.24) is 4.90 Å². The summed E-state index contributed by atoms with van der Waals surface area (Å²) in [6, 6.07) is 8.24. The summed E-state index contributed by atoms with van der Waals surface area (Å²) in [7, 11) is 0. The molecule has 6 heteroatoms. The van der Waals surface area contributed by atoms with Gasteiger partial charge in [0.2, 0.25) is 0 Å². The molecule has 0 spiro atoms. The number of hydrogen-bond donors (Lipinski definition) is 2. The van der Waals surface area contributed by atoms with Crippen molar-refractivity contribution in [3.63, 3.8) is 0 Å². The van der Waals surface area contributed by atoms with Crippen molar-refractivity contribution in [2.75, 3.05) is 11.9 Å². The second-order valence-corrected chi connectivity index (χ2v) is 5.79. The number of amides is 1. The highest BCUT2D eigenvalue weighted by molar-refractivity contribution is 6.06. The van der Waals surface area contributed by atoms with Crippen LogP contribution >= 0.6 is 0 Å². The maximum atomic E-state index is 12.3. The first kappa shape index (κ1) is 17.5. The minimum absolute atomic E-state index is 0.0241. The predicted molar refractivity (Wildman–Crippen MR) is 90.4 cm³/mol. The van der Waals surface area contributed by atoms with Gasteiger partial charge in [-0.1, -0.05) is 13.0 Å². The number of carbonyl (C=O) groups excluding carboxylic acids is 1. The Balaban J connectivity index is 2.14. The Morgan fingerprint density at radius 2 is 2.25 bits per heavy atom. The number of nitrogens with one attached hydrogen (secondary N) is 1. The molecule has 0 aliphatic carbocycles. The van der Waals surface area contributed by atoms with Crippen LogP contribution in [0.15, 0.2) is 36.0 Å². The molecule has 1 heterocycles. The van der Waals surface area contributed by atoms with Gasteiger partial charge in [0.1, 0.15) is 11.6 Å². The molecule has 0 bridgehead atoms. The fraction of sp³-hybridized carbons (Fsp3) is 0.389. The molecule has 1 fully saturated rings. The Morgan fingerprint density at radius 3 is 2.92 bits per heavy atom. The van der Waals surface area contributed by atoms with E-state index in [4.69, 9.17) is 5.11 Å². The molecule has 24 heavy (non-hydrogen) atoms. The number of piperidine rings is 1. The van der Waals surface area contributed by atoms with Gasteiger partial charge in [-0.3, -0.25) is 4.79 Å². The average molecular weight is 327 g/mol. The van der Waals surface area contributed by atoms with E-state index in [1.54, 1.807) is 18.3 Å². The minimum atomic E-state index is -1.07. The van der Waals surface area contributed by atoms with Gasteiger partial charge in [-0.25, -0.2) is 4.79 Å². The van der Waals surface area contributed by atoms with Gasteiger partial charge in [0, 0.05) is 24.5 Å². The fourth-order valence-corrected chi connectivity index (χ4v) is 2.86. The highest BCUT2D eigenvalue weighted by atomic mass is 16.4. The molecule has 1 aromatic carbocycles. The lowest BCUT2D eigenvalue weighted by molar-refractivity contribution is -0.112. The summed E-state index contributed by atoms with van der Waals surface area (Å²) in [4.78, 5) is 25.4. The highest BCUT2D eigenvalue weighted by Gasteiger charge is 2.20. The van der Waals surface area contributed by atoms with E-state index in [0.29, 0.717) is 11.7 Å². The summed E-state index contributed by atoms with van der Waals surface area (Å²) in [5.41, 5.74) is 0.458. The van der Waals surface area contributed by atoms with Gasteiger partial charge in [-0.2, -0.15) is 5.26 Å². The van der Waals surface area contributed by atoms with Crippen LogP contribution in [-0.2, 0) is 4.79 Å². The van der Waals surface area contributed by atoms with Crippen LogP contribution in [0.25, 0.3) is 0 Å². The van der Waals surface area contributed by atoms with Crippen molar-refractivity contribution >= 4 is 17.6 Å². The number of nitriles is 1. The third kappa shape index (κ3) is 4.35. The SMILES string of the molecule is CCC1CCCCN1/C=C(/C#N)C(=O)Nc1cccc(C(=O)O)c1. The zero-order valence-electron chi connectivity index (χ0n) is 13.7. The number of carboxylic acids is 1. The van der Waals surface area contributed by atoms with E-state index in [1.165, 1.54) is 18.6 Å². The summed E-state index contributed by atoms with van der Waals surface area (Å²) in [5, 5.41) is 20.9. The number of rotatable bonds is 5. The molecule has 1 unspecified atom stereocenters. The molecule has 1 aliphatic rings. The average Bonchev–Trinajstić information content (AvgIpc) is 2.60. The Bertz CT molecular complexity index is 691. The van der Waals surface area contributed by atoms with Crippen molar-refractivity contribution in [3.8, 4) is 6.07 Å². The number of likely N-dealkylation sites (tertiary alicyclic amines) is 1. The number of carbonyl (C=O) groups is 2. The molecule has 6 nitrogen and oxygen atoms in total. The van der Waals surface area contributed by atoms with Crippen LogP contribution in [0.4, 0.5) is 5.69 Å². The van der Waals surface area contributed by atoms with E-state index in [-0.39, 0.29) is 11.1 Å². The van der Waals surface area contributed by atoms with Gasteiger partial charge in [-0.05, 0) is 43.9 Å². The normalized spacial score (nSPS) is 17.9. The third-order valence-corrected chi connectivity index (χ3v) is 4.17. The van der Waals surface area contributed by atoms with Crippen LogP contribution in [-0.4, -0.2) is 34.5 Å². The molecular formula is C18H21N3O3. The van der Waals surface area contributed by atoms with Crippen molar-refractivity contribution in [2.45, 2.75) is 38.6 Å². The molecular weight excluding hydrogens is 306 g/mol. The number of hydrogen-bond acceptors (Lipinski definition) is 4. The molecule has 1 aromatic rings. The molecule has 2 N–H and O–H groups in total. The monoisotopic (exact) mass is 327 g/mol. The van der Waals surface area contributed by atoms with E-state index in [0.717, 1.165) is 25.8 Å².